The number of methoxy groups -OCH3 is 1. The molecule has 2 amide bonds. The average molecular weight is 376 g/mol. The van der Waals surface area contributed by atoms with E-state index in [1.165, 1.54) is 31.4 Å². The summed E-state index contributed by atoms with van der Waals surface area (Å²) in [6.07, 6.45) is -0.258. The molecule has 0 fully saturated rings. The van der Waals surface area contributed by atoms with E-state index in [1.54, 1.807) is 0 Å². The lowest BCUT2D eigenvalue weighted by Crippen LogP contribution is -2.43. The molecule has 0 bridgehead atoms. The zero-order valence-electron chi connectivity index (χ0n) is 14.4. The molecule has 142 valence electrons. The first kappa shape index (κ1) is 18.5. The van der Waals surface area contributed by atoms with Crippen LogP contribution < -0.4 is 21.9 Å². The fraction of sp³-hybridized carbons (Fsp3) is 0.294. The second-order valence-electron chi connectivity index (χ2n) is 5.97. The smallest absolute Gasteiger partial charge is 0.330 e. The highest BCUT2D eigenvalue weighted by molar-refractivity contribution is 6.04. The van der Waals surface area contributed by atoms with Crippen LogP contribution in [0.4, 0.5) is 15.9 Å². The quantitative estimate of drug-likeness (QED) is 0.697. The Labute approximate surface area is 152 Å². The molecule has 1 aromatic heterocycles. The molecule has 1 atom stereocenters. The molecule has 2 aromatic rings. The number of halogens is 1. The lowest BCUT2D eigenvalue weighted by atomic mass is 9.92. The van der Waals surface area contributed by atoms with E-state index in [1.807, 2.05) is 0 Å². The lowest BCUT2D eigenvalue weighted by Gasteiger charge is -2.26. The number of anilines is 2. The number of hydrogen-bond acceptors (Lipinski definition) is 5. The number of benzene rings is 1. The number of carbonyl (C=O) groups excluding carboxylic acids is 2. The molecular formula is C17H17FN4O5. The van der Waals surface area contributed by atoms with Crippen molar-refractivity contribution < 1.29 is 18.7 Å². The van der Waals surface area contributed by atoms with Crippen molar-refractivity contribution in [1.82, 2.24) is 9.55 Å². The van der Waals surface area contributed by atoms with E-state index >= 15 is 0 Å². The van der Waals surface area contributed by atoms with Crippen molar-refractivity contribution in [2.75, 3.05) is 24.4 Å². The molecular weight excluding hydrogens is 359 g/mol. The number of carbonyl (C=O) groups is 2. The molecule has 2 heterocycles. The third kappa shape index (κ3) is 3.80. The van der Waals surface area contributed by atoms with E-state index in [2.05, 4.69) is 15.6 Å². The summed E-state index contributed by atoms with van der Waals surface area (Å²) in [6.45, 7) is 0.252. The summed E-state index contributed by atoms with van der Waals surface area (Å²) in [6, 6.07) is 5.07. The molecule has 0 spiro atoms. The van der Waals surface area contributed by atoms with Gasteiger partial charge in [0.15, 0.2) is 0 Å². The zero-order chi connectivity index (χ0) is 19.6. The maximum Gasteiger partial charge on any atom is 0.330 e. The Kier molecular flexibility index (Phi) is 5.17. The Morgan fingerprint density at radius 2 is 2.00 bits per heavy atom. The minimum Gasteiger partial charge on any atom is -0.383 e. The van der Waals surface area contributed by atoms with Crippen LogP contribution in [0.1, 0.15) is 17.9 Å². The van der Waals surface area contributed by atoms with Gasteiger partial charge in [-0.05, 0) is 24.3 Å². The minimum absolute atomic E-state index is 0.00934. The molecule has 1 aliphatic rings. The largest absolute Gasteiger partial charge is 0.383 e. The molecule has 1 aromatic carbocycles. The van der Waals surface area contributed by atoms with E-state index in [0.29, 0.717) is 5.69 Å². The minimum atomic E-state index is -1.10. The molecule has 0 radical (unpaired) electrons. The highest BCUT2D eigenvalue weighted by Crippen LogP contribution is 2.29. The van der Waals surface area contributed by atoms with Crippen LogP contribution in [0.15, 0.2) is 33.9 Å². The van der Waals surface area contributed by atoms with Gasteiger partial charge in [-0.3, -0.25) is 23.9 Å². The second kappa shape index (κ2) is 7.54. The number of aromatic amines is 1. The first-order valence-electron chi connectivity index (χ1n) is 8.13. The molecule has 27 heavy (non-hydrogen) atoms. The number of hydrogen-bond donors (Lipinski definition) is 3. The van der Waals surface area contributed by atoms with E-state index in [-0.39, 0.29) is 31.0 Å². The number of rotatable bonds is 5. The number of aromatic nitrogens is 2. The summed E-state index contributed by atoms with van der Waals surface area (Å²) in [5.74, 6) is -2.69. The third-order valence-electron chi connectivity index (χ3n) is 4.18. The van der Waals surface area contributed by atoms with Crippen molar-refractivity contribution in [1.29, 1.82) is 0 Å². The lowest BCUT2D eigenvalue weighted by molar-refractivity contribution is -0.123. The Balaban J connectivity index is 2.00. The van der Waals surface area contributed by atoms with Gasteiger partial charge in [-0.25, -0.2) is 9.18 Å². The second-order valence-corrected chi connectivity index (χ2v) is 5.97. The van der Waals surface area contributed by atoms with Crippen LogP contribution in [-0.4, -0.2) is 35.1 Å². The first-order chi connectivity index (χ1) is 12.9. The van der Waals surface area contributed by atoms with Crippen molar-refractivity contribution in [3.05, 3.63) is 56.5 Å². The summed E-state index contributed by atoms with van der Waals surface area (Å²) in [5, 5.41) is 5.05. The van der Waals surface area contributed by atoms with Crippen molar-refractivity contribution >= 4 is 23.3 Å². The Hall–Kier alpha value is -3.27. The standard InChI is InChI=1S/C17H17FN4O5/c1-27-7-6-22-14-13(16(25)21-17(22)26)11(8-12(23)20-14)15(24)19-10-4-2-9(18)3-5-10/h2-5,11H,6-8H2,1H3,(H,19,24)(H,20,23)(H,21,25,26)/t11-/m0/s1. The SMILES string of the molecule is COCCn1c2c(c(=O)[nH]c1=O)[C@@H](C(=O)Nc1ccc(F)cc1)CC(=O)N2. The predicted molar refractivity (Wildman–Crippen MR) is 94.2 cm³/mol. The number of ether oxygens (including phenoxy) is 1. The number of amides is 2. The summed E-state index contributed by atoms with van der Waals surface area (Å²) in [4.78, 5) is 51.4. The molecule has 3 N–H and O–H groups in total. The number of nitrogens with zero attached hydrogens (tertiary/aromatic N) is 1. The van der Waals surface area contributed by atoms with E-state index < -0.39 is 34.8 Å². The monoisotopic (exact) mass is 376 g/mol. The third-order valence-corrected chi connectivity index (χ3v) is 4.18. The summed E-state index contributed by atoms with van der Waals surface area (Å²) < 4.78 is 19.1. The number of fused-ring (bicyclic) bond motifs is 1. The predicted octanol–water partition coefficient (Wildman–Crippen LogP) is 0.387. The summed E-state index contributed by atoms with van der Waals surface area (Å²) in [7, 11) is 1.45. The number of nitrogens with one attached hydrogen (secondary N) is 3. The molecule has 0 saturated carbocycles. The van der Waals surface area contributed by atoms with Gasteiger partial charge in [-0.15, -0.1) is 0 Å². The summed E-state index contributed by atoms with van der Waals surface area (Å²) >= 11 is 0. The van der Waals surface area contributed by atoms with E-state index in [9.17, 15) is 23.6 Å². The van der Waals surface area contributed by atoms with Crippen molar-refractivity contribution in [2.45, 2.75) is 18.9 Å². The van der Waals surface area contributed by atoms with Crippen LogP contribution in [0.25, 0.3) is 0 Å². The molecule has 1 aliphatic heterocycles. The van der Waals surface area contributed by atoms with E-state index in [4.69, 9.17) is 4.74 Å². The van der Waals surface area contributed by atoms with Gasteiger partial charge in [-0.2, -0.15) is 0 Å². The maximum absolute atomic E-state index is 13.0. The molecule has 9 nitrogen and oxygen atoms in total. The average Bonchev–Trinajstić information content (AvgIpc) is 2.62. The normalized spacial score (nSPS) is 15.8. The van der Waals surface area contributed by atoms with Gasteiger partial charge in [0.25, 0.3) is 5.56 Å². The van der Waals surface area contributed by atoms with Gasteiger partial charge in [-0.1, -0.05) is 0 Å². The highest BCUT2D eigenvalue weighted by Gasteiger charge is 2.35. The number of H-pyrrole nitrogens is 1. The zero-order valence-corrected chi connectivity index (χ0v) is 14.4. The van der Waals surface area contributed by atoms with Gasteiger partial charge in [0.1, 0.15) is 11.6 Å². The van der Waals surface area contributed by atoms with Gasteiger partial charge < -0.3 is 15.4 Å². The summed E-state index contributed by atoms with van der Waals surface area (Å²) in [5.41, 5.74) is -1.15. The molecule has 0 saturated heterocycles. The Morgan fingerprint density at radius 1 is 1.30 bits per heavy atom. The molecule has 0 unspecified atom stereocenters. The fourth-order valence-corrected chi connectivity index (χ4v) is 2.90. The van der Waals surface area contributed by atoms with Crippen LogP contribution in [0, 0.1) is 5.82 Å². The molecule has 3 rings (SSSR count). The topological polar surface area (TPSA) is 122 Å². The van der Waals surface area contributed by atoms with Gasteiger partial charge in [0.2, 0.25) is 11.8 Å². The molecule has 0 aliphatic carbocycles. The fourth-order valence-electron chi connectivity index (χ4n) is 2.90. The van der Waals surface area contributed by atoms with Crippen molar-refractivity contribution in [2.24, 2.45) is 0 Å². The van der Waals surface area contributed by atoms with Crippen LogP contribution in [0.2, 0.25) is 0 Å². The van der Waals surface area contributed by atoms with Crippen LogP contribution in [0.5, 0.6) is 0 Å². The highest BCUT2D eigenvalue weighted by atomic mass is 19.1. The molecule has 10 heteroatoms. The Bertz CT molecular complexity index is 996. The van der Waals surface area contributed by atoms with Crippen LogP contribution >= 0.6 is 0 Å². The van der Waals surface area contributed by atoms with Gasteiger partial charge in [0, 0.05) is 19.2 Å². The van der Waals surface area contributed by atoms with E-state index in [0.717, 1.165) is 4.57 Å². The van der Waals surface area contributed by atoms with Crippen molar-refractivity contribution in [3.8, 4) is 0 Å². The van der Waals surface area contributed by atoms with Crippen molar-refractivity contribution in [3.63, 3.8) is 0 Å². The van der Waals surface area contributed by atoms with Crippen LogP contribution in [0.3, 0.4) is 0 Å². The Morgan fingerprint density at radius 3 is 2.67 bits per heavy atom. The van der Waals surface area contributed by atoms with Crippen LogP contribution in [-0.2, 0) is 20.9 Å². The maximum atomic E-state index is 13.0. The van der Waals surface area contributed by atoms with Gasteiger partial charge in [0.05, 0.1) is 24.6 Å². The first-order valence-corrected chi connectivity index (χ1v) is 8.13. The van der Waals surface area contributed by atoms with Gasteiger partial charge >= 0.3 is 5.69 Å².